The molecule has 7 nitrogen and oxygen atoms in total. The Balaban J connectivity index is 1.65. The highest BCUT2D eigenvalue weighted by atomic mass is 32.2. The largest absolute Gasteiger partial charge is 0.444 e. The van der Waals surface area contributed by atoms with E-state index in [1.165, 1.54) is 40.9 Å². The molecule has 2 aromatic carbocycles. The van der Waals surface area contributed by atoms with Crippen LogP contribution in [0.25, 0.3) is 0 Å². The average molecular weight is 572 g/mol. The topological polar surface area (TPSA) is 87.7 Å². The van der Waals surface area contributed by atoms with Crippen molar-refractivity contribution in [1.29, 1.82) is 0 Å². The van der Waals surface area contributed by atoms with Gasteiger partial charge in [-0.1, -0.05) is 12.1 Å². The molecule has 0 saturated heterocycles. The molecule has 0 bridgehead atoms. The van der Waals surface area contributed by atoms with E-state index in [0.717, 1.165) is 12.1 Å². The van der Waals surface area contributed by atoms with Crippen molar-refractivity contribution in [1.82, 2.24) is 10.6 Å². The van der Waals surface area contributed by atoms with Crippen LogP contribution in [0.4, 0.5) is 32.4 Å². The summed E-state index contributed by atoms with van der Waals surface area (Å²) >= 11 is 1.21. The van der Waals surface area contributed by atoms with E-state index in [1.54, 1.807) is 26.8 Å². The lowest BCUT2D eigenvalue weighted by Gasteiger charge is -2.27. The number of nitrogens with zero attached hydrogens (tertiary/aromatic N) is 1. The summed E-state index contributed by atoms with van der Waals surface area (Å²) in [4.78, 5) is 40.5. The molecule has 2 atom stereocenters. The first kappa shape index (κ1) is 28.7. The zero-order chi connectivity index (χ0) is 28.8. The Morgan fingerprint density at radius 2 is 1.72 bits per heavy atom. The van der Waals surface area contributed by atoms with Gasteiger partial charge in [-0.3, -0.25) is 9.59 Å². The van der Waals surface area contributed by atoms with Gasteiger partial charge in [0.05, 0.1) is 23.8 Å². The Morgan fingerprint density at radius 1 is 1.08 bits per heavy atom. The Morgan fingerprint density at radius 3 is 2.28 bits per heavy atom. The monoisotopic (exact) mass is 571 g/mol. The van der Waals surface area contributed by atoms with Gasteiger partial charge >= 0.3 is 12.3 Å². The number of amides is 3. The highest BCUT2D eigenvalue weighted by Crippen LogP contribution is 2.42. The Labute approximate surface area is 225 Å². The number of rotatable bonds is 5. The number of benzene rings is 2. The third-order valence-electron chi connectivity index (χ3n) is 5.93. The third kappa shape index (κ3) is 7.00. The molecule has 39 heavy (non-hydrogen) atoms. The van der Waals surface area contributed by atoms with Crippen molar-refractivity contribution < 1.29 is 41.1 Å². The molecule has 2 aliphatic rings. The number of carbonyl (C=O) groups is 3. The van der Waals surface area contributed by atoms with E-state index in [-0.39, 0.29) is 23.5 Å². The Bertz CT molecular complexity index is 1280. The van der Waals surface area contributed by atoms with Crippen molar-refractivity contribution >= 4 is 35.4 Å². The summed E-state index contributed by atoms with van der Waals surface area (Å²) in [6.45, 7) is 4.80. The van der Waals surface area contributed by atoms with Crippen LogP contribution in [0, 0.1) is 0 Å². The van der Waals surface area contributed by atoms with Crippen molar-refractivity contribution in [2.45, 2.75) is 68.4 Å². The van der Waals surface area contributed by atoms with Crippen LogP contribution in [0.1, 0.15) is 48.7 Å². The summed E-state index contributed by atoms with van der Waals surface area (Å²) in [6, 6.07) is 6.28. The molecule has 3 amide bonds. The summed E-state index contributed by atoms with van der Waals surface area (Å²) in [6.07, 6.45) is -5.83. The van der Waals surface area contributed by atoms with E-state index in [9.17, 15) is 36.3 Å². The van der Waals surface area contributed by atoms with Crippen LogP contribution in [-0.4, -0.2) is 47.3 Å². The van der Waals surface area contributed by atoms with E-state index in [4.69, 9.17) is 4.74 Å². The number of alkyl carbamates (subject to hydrolysis) is 1. The lowest BCUT2D eigenvalue weighted by molar-refractivity contribution is -0.137. The first-order valence-corrected chi connectivity index (χ1v) is 12.9. The average Bonchev–Trinajstić information content (AvgIpc) is 3.45. The third-order valence-corrected chi connectivity index (χ3v) is 7.08. The normalized spacial score (nSPS) is 20.5. The van der Waals surface area contributed by atoms with E-state index >= 15 is 0 Å². The summed E-state index contributed by atoms with van der Waals surface area (Å²) in [5.41, 5.74) is -1.04. The van der Waals surface area contributed by atoms with Gasteiger partial charge in [-0.05, 0) is 56.7 Å². The van der Waals surface area contributed by atoms with E-state index in [0.29, 0.717) is 10.5 Å². The molecule has 1 aliphatic heterocycles. The number of alkyl halides is 5. The number of hydrogen-bond acceptors (Lipinski definition) is 5. The van der Waals surface area contributed by atoms with Gasteiger partial charge in [-0.2, -0.15) is 13.2 Å². The van der Waals surface area contributed by atoms with Crippen LogP contribution in [0.5, 0.6) is 0 Å². The molecule has 1 fully saturated rings. The molecule has 2 aromatic rings. The minimum atomic E-state index is -4.54. The lowest BCUT2D eigenvalue weighted by Crippen LogP contribution is -2.50. The minimum Gasteiger partial charge on any atom is -0.444 e. The van der Waals surface area contributed by atoms with E-state index in [2.05, 4.69) is 10.6 Å². The maximum Gasteiger partial charge on any atom is 0.416 e. The fourth-order valence-electron chi connectivity index (χ4n) is 3.85. The minimum absolute atomic E-state index is 0.0285. The number of ether oxygens (including phenoxy) is 1. The summed E-state index contributed by atoms with van der Waals surface area (Å²) in [5, 5.41) is 4.80. The van der Waals surface area contributed by atoms with Gasteiger partial charge in [0, 0.05) is 22.6 Å². The first-order chi connectivity index (χ1) is 18.0. The van der Waals surface area contributed by atoms with Crippen LogP contribution in [0.3, 0.4) is 0 Å². The van der Waals surface area contributed by atoms with E-state index < -0.39 is 59.7 Å². The maximum absolute atomic E-state index is 13.7. The van der Waals surface area contributed by atoms with Crippen LogP contribution in [0.15, 0.2) is 47.4 Å². The SMILES string of the molecule is CC(C)(C)OC(=O)N[C@H]1CSc2ccc(C(=O)N[C@@H]3CC3(F)F)cc2N(Cc2ccc(C(F)(F)F)cc2)C1=O. The highest BCUT2D eigenvalue weighted by Gasteiger charge is 2.57. The van der Waals surface area contributed by atoms with Gasteiger partial charge in [0.25, 0.3) is 17.7 Å². The number of thioether (sulfide) groups is 1. The zero-order valence-electron chi connectivity index (χ0n) is 21.2. The molecule has 0 radical (unpaired) electrons. The standard InChI is InChI=1S/C26H26F5N3O4S/c1-24(2,3)38-23(37)32-17-13-39-19-9-6-15(21(35)33-20-11-25(20,27)28)10-18(19)34(22(17)36)12-14-4-7-16(8-5-14)26(29,30)31/h4-10,17,20H,11-13H2,1-3H3,(H,32,37)(H,33,35)/t17-,20+/m0/s1. The summed E-state index contributed by atoms with van der Waals surface area (Å²) in [5.74, 6) is -4.20. The van der Waals surface area contributed by atoms with Crippen LogP contribution < -0.4 is 15.5 Å². The van der Waals surface area contributed by atoms with Gasteiger partial charge in [-0.15, -0.1) is 11.8 Å². The van der Waals surface area contributed by atoms with Crippen LogP contribution in [0.2, 0.25) is 0 Å². The van der Waals surface area contributed by atoms with Gasteiger partial charge in [0.15, 0.2) is 0 Å². The second-order valence-electron chi connectivity index (χ2n) is 10.3. The molecule has 2 N–H and O–H groups in total. The van der Waals surface area contributed by atoms with Gasteiger partial charge in [0.1, 0.15) is 11.6 Å². The predicted molar refractivity (Wildman–Crippen MR) is 134 cm³/mol. The molecular weight excluding hydrogens is 545 g/mol. The second-order valence-corrected chi connectivity index (χ2v) is 11.4. The highest BCUT2D eigenvalue weighted by molar-refractivity contribution is 7.99. The fourth-order valence-corrected chi connectivity index (χ4v) is 4.91. The number of nitrogens with one attached hydrogen (secondary N) is 2. The van der Waals surface area contributed by atoms with Gasteiger partial charge in [0.2, 0.25) is 0 Å². The predicted octanol–water partition coefficient (Wildman–Crippen LogP) is 5.38. The quantitative estimate of drug-likeness (QED) is 0.471. The van der Waals surface area contributed by atoms with Crippen LogP contribution >= 0.6 is 11.8 Å². The van der Waals surface area contributed by atoms with Crippen LogP contribution in [-0.2, 0) is 22.3 Å². The molecule has 0 spiro atoms. The smallest absolute Gasteiger partial charge is 0.416 e. The van der Waals surface area contributed by atoms with Gasteiger partial charge in [-0.25, -0.2) is 13.6 Å². The maximum atomic E-state index is 13.7. The number of anilines is 1. The lowest BCUT2D eigenvalue weighted by atomic mass is 10.1. The Kier molecular flexibility index (Phi) is 7.58. The number of hydrogen-bond donors (Lipinski definition) is 2. The molecule has 13 heteroatoms. The van der Waals surface area contributed by atoms with Crippen molar-refractivity contribution in [2.24, 2.45) is 0 Å². The van der Waals surface area contributed by atoms with Crippen molar-refractivity contribution in [3.63, 3.8) is 0 Å². The summed E-state index contributed by atoms with van der Waals surface area (Å²) < 4.78 is 71.0. The molecule has 1 aliphatic carbocycles. The van der Waals surface area contributed by atoms with Crippen molar-refractivity contribution in [3.8, 4) is 0 Å². The molecule has 1 heterocycles. The number of halogens is 5. The van der Waals surface area contributed by atoms with E-state index in [1.807, 2.05) is 0 Å². The number of carbonyl (C=O) groups excluding carboxylic acids is 3. The molecule has 0 unspecified atom stereocenters. The van der Waals surface area contributed by atoms with Gasteiger partial charge < -0.3 is 20.3 Å². The van der Waals surface area contributed by atoms with Crippen molar-refractivity contribution in [3.05, 3.63) is 59.2 Å². The molecule has 210 valence electrons. The molecule has 4 rings (SSSR count). The first-order valence-electron chi connectivity index (χ1n) is 12.0. The molecule has 1 saturated carbocycles. The van der Waals surface area contributed by atoms with Crippen molar-refractivity contribution in [2.75, 3.05) is 10.7 Å². The zero-order valence-corrected chi connectivity index (χ0v) is 22.0. The summed E-state index contributed by atoms with van der Waals surface area (Å²) in [7, 11) is 0. The molecule has 0 aromatic heterocycles. The fraction of sp³-hybridized carbons (Fsp3) is 0.423. The molecular formula is C26H26F5N3O4S. The Hall–Kier alpha value is -3.35. The second kappa shape index (κ2) is 10.3. The number of fused-ring (bicyclic) bond motifs is 1.